The van der Waals surface area contributed by atoms with Crippen LogP contribution in [-0.2, 0) is 19.6 Å². The van der Waals surface area contributed by atoms with E-state index < -0.39 is 0 Å². The lowest BCUT2D eigenvalue weighted by atomic mass is 9.86. The van der Waals surface area contributed by atoms with E-state index in [0.29, 0.717) is 0 Å². The van der Waals surface area contributed by atoms with Crippen LogP contribution in [0.5, 0.6) is 0 Å². The number of nitrogens with zero attached hydrogens (tertiary/aromatic N) is 3. The largest absolute Gasteiger partial charge is 0.299 e. The van der Waals surface area contributed by atoms with Crippen molar-refractivity contribution in [1.29, 1.82) is 0 Å². The summed E-state index contributed by atoms with van der Waals surface area (Å²) in [6.07, 6.45) is 12.5. The highest BCUT2D eigenvalue weighted by Gasteiger charge is 2.23. The minimum absolute atomic E-state index is 1.16. The molecular formula is C27H45N3. The van der Waals surface area contributed by atoms with Gasteiger partial charge in [0.25, 0.3) is 0 Å². The Balaban J connectivity index is 1.65. The first-order valence-electron chi connectivity index (χ1n) is 12.9. The Hall–Kier alpha value is -0.900. The van der Waals surface area contributed by atoms with Crippen molar-refractivity contribution in [3.05, 3.63) is 33.4 Å². The van der Waals surface area contributed by atoms with Crippen LogP contribution < -0.4 is 0 Å². The molecule has 168 valence electrons. The third kappa shape index (κ3) is 5.29. The zero-order valence-electron chi connectivity index (χ0n) is 20.1. The summed E-state index contributed by atoms with van der Waals surface area (Å²) in [4.78, 5) is 8.18. The van der Waals surface area contributed by atoms with Crippen LogP contribution in [0.4, 0.5) is 0 Å². The smallest absolute Gasteiger partial charge is 0.0239 e. The lowest BCUT2D eigenvalue weighted by Crippen LogP contribution is -2.33. The lowest BCUT2D eigenvalue weighted by molar-refractivity contribution is 0.212. The molecule has 0 bridgehead atoms. The minimum atomic E-state index is 1.16. The van der Waals surface area contributed by atoms with Gasteiger partial charge < -0.3 is 0 Å². The molecule has 0 spiro atoms. The highest BCUT2D eigenvalue weighted by atomic mass is 15.1. The lowest BCUT2D eigenvalue weighted by Gasteiger charge is -2.34. The summed E-state index contributed by atoms with van der Waals surface area (Å²) in [5.74, 6) is 0. The third-order valence-corrected chi connectivity index (χ3v) is 8.21. The van der Waals surface area contributed by atoms with Gasteiger partial charge in [-0.3, -0.25) is 14.7 Å². The van der Waals surface area contributed by atoms with Gasteiger partial charge in [0.1, 0.15) is 0 Å². The van der Waals surface area contributed by atoms with E-state index in [9.17, 15) is 0 Å². The molecule has 3 aliphatic heterocycles. The molecular weight excluding hydrogens is 366 g/mol. The molecule has 3 fully saturated rings. The van der Waals surface area contributed by atoms with Gasteiger partial charge in [0, 0.05) is 19.6 Å². The van der Waals surface area contributed by atoms with Gasteiger partial charge in [-0.25, -0.2) is 0 Å². The molecule has 0 radical (unpaired) electrons. The molecule has 0 amide bonds. The van der Waals surface area contributed by atoms with Crippen LogP contribution in [0.2, 0.25) is 0 Å². The second-order valence-electron chi connectivity index (χ2n) is 10.3. The molecule has 3 nitrogen and oxygen atoms in total. The maximum atomic E-state index is 2.73. The number of likely N-dealkylation sites (tertiary alicyclic amines) is 3. The predicted octanol–water partition coefficient (Wildman–Crippen LogP) is 5.57. The van der Waals surface area contributed by atoms with E-state index in [1.54, 1.807) is 33.4 Å². The highest BCUT2D eigenvalue weighted by molar-refractivity contribution is 5.50. The third-order valence-electron chi connectivity index (χ3n) is 8.21. The Bertz CT molecular complexity index is 576. The van der Waals surface area contributed by atoms with Crippen LogP contribution in [0.15, 0.2) is 0 Å². The van der Waals surface area contributed by atoms with Gasteiger partial charge >= 0.3 is 0 Å². The number of hydrogen-bond donors (Lipinski definition) is 0. The van der Waals surface area contributed by atoms with Gasteiger partial charge in [-0.2, -0.15) is 0 Å². The van der Waals surface area contributed by atoms with Gasteiger partial charge in [0.15, 0.2) is 0 Å². The van der Waals surface area contributed by atoms with Gasteiger partial charge in [-0.05, 0) is 132 Å². The van der Waals surface area contributed by atoms with Crippen molar-refractivity contribution in [3.63, 3.8) is 0 Å². The standard InChI is InChI=1S/C27H45N3/c1-22-25(19-28-13-7-4-8-14-28)23(2)27(21-30-17-11-6-12-18-30)24(3)26(22)20-29-15-9-5-10-16-29/h4-21H2,1-3H3. The van der Waals surface area contributed by atoms with Gasteiger partial charge in [-0.1, -0.05) is 19.3 Å². The quantitative estimate of drug-likeness (QED) is 0.606. The summed E-state index contributed by atoms with van der Waals surface area (Å²) in [5, 5.41) is 0. The molecule has 4 rings (SSSR count). The Morgan fingerprint density at radius 3 is 0.867 bits per heavy atom. The molecule has 3 heterocycles. The van der Waals surface area contributed by atoms with Crippen LogP contribution >= 0.6 is 0 Å². The van der Waals surface area contributed by atoms with E-state index in [1.807, 2.05) is 0 Å². The Labute approximate surface area is 185 Å². The van der Waals surface area contributed by atoms with Crippen LogP contribution in [0.3, 0.4) is 0 Å². The van der Waals surface area contributed by atoms with Crippen molar-refractivity contribution in [1.82, 2.24) is 14.7 Å². The van der Waals surface area contributed by atoms with E-state index in [-0.39, 0.29) is 0 Å². The first-order chi connectivity index (χ1) is 14.6. The Kier molecular flexibility index (Phi) is 7.89. The summed E-state index contributed by atoms with van der Waals surface area (Å²) >= 11 is 0. The predicted molar refractivity (Wildman–Crippen MR) is 128 cm³/mol. The molecule has 0 aliphatic carbocycles. The maximum absolute atomic E-state index is 2.73. The van der Waals surface area contributed by atoms with Crippen molar-refractivity contribution >= 4 is 0 Å². The second kappa shape index (κ2) is 10.6. The molecule has 1 aromatic rings. The van der Waals surface area contributed by atoms with E-state index in [1.165, 1.54) is 97.1 Å². The first-order valence-corrected chi connectivity index (χ1v) is 12.9. The van der Waals surface area contributed by atoms with Gasteiger partial charge in [0.2, 0.25) is 0 Å². The molecule has 3 heteroatoms. The van der Waals surface area contributed by atoms with Crippen molar-refractivity contribution in [2.45, 2.75) is 98.2 Å². The summed E-state index contributed by atoms with van der Waals surface area (Å²) in [7, 11) is 0. The van der Waals surface area contributed by atoms with Gasteiger partial charge in [-0.15, -0.1) is 0 Å². The van der Waals surface area contributed by atoms with E-state index >= 15 is 0 Å². The number of rotatable bonds is 6. The zero-order valence-corrected chi connectivity index (χ0v) is 20.1. The fraction of sp³-hybridized carbons (Fsp3) is 0.778. The molecule has 3 aliphatic rings. The normalized spacial score (nSPS) is 22.5. The zero-order chi connectivity index (χ0) is 20.9. The van der Waals surface area contributed by atoms with Crippen molar-refractivity contribution in [2.24, 2.45) is 0 Å². The molecule has 0 atom stereocenters. The molecule has 3 saturated heterocycles. The summed E-state index contributed by atoms with van der Waals surface area (Å²) in [6, 6.07) is 0. The molecule has 0 N–H and O–H groups in total. The Morgan fingerprint density at radius 2 is 0.633 bits per heavy atom. The van der Waals surface area contributed by atoms with Crippen LogP contribution in [0, 0.1) is 20.8 Å². The Morgan fingerprint density at radius 1 is 0.400 bits per heavy atom. The molecule has 0 unspecified atom stereocenters. The highest BCUT2D eigenvalue weighted by Crippen LogP contribution is 2.32. The fourth-order valence-corrected chi connectivity index (χ4v) is 6.13. The van der Waals surface area contributed by atoms with Crippen molar-refractivity contribution in [3.8, 4) is 0 Å². The second-order valence-corrected chi connectivity index (χ2v) is 10.3. The summed E-state index contributed by atoms with van der Waals surface area (Å²) < 4.78 is 0. The average molecular weight is 412 g/mol. The topological polar surface area (TPSA) is 9.72 Å². The molecule has 0 aromatic heterocycles. The maximum Gasteiger partial charge on any atom is 0.0239 e. The van der Waals surface area contributed by atoms with Crippen LogP contribution in [0.25, 0.3) is 0 Å². The van der Waals surface area contributed by atoms with E-state index in [4.69, 9.17) is 0 Å². The van der Waals surface area contributed by atoms with Crippen LogP contribution in [-0.4, -0.2) is 54.0 Å². The van der Waals surface area contributed by atoms with Crippen molar-refractivity contribution < 1.29 is 0 Å². The molecule has 30 heavy (non-hydrogen) atoms. The number of hydrogen-bond acceptors (Lipinski definition) is 3. The first kappa shape index (κ1) is 22.3. The summed E-state index contributed by atoms with van der Waals surface area (Å²) in [5.41, 5.74) is 9.76. The van der Waals surface area contributed by atoms with Crippen LogP contribution in [0.1, 0.15) is 91.2 Å². The monoisotopic (exact) mass is 411 g/mol. The van der Waals surface area contributed by atoms with Crippen molar-refractivity contribution in [2.75, 3.05) is 39.3 Å². The number of piperidine rings is 3. The van der Waals surface area contributed by atoms with E-state index in [2.05, 4.69) is 35.5 Å². The minimum Gasteiger partial charge on any atom is -0.299 e. The summed E-state index contributed by atoms with van der Waals surface area (Å²) in [6.45, 7) is 18.5. The average Bonchev–Trinajstić information content (AvgIpc) is 2.79. The van der Waals surface area contributed by atoms with Gasteiger partial charge in [0.05, 0.1) is 0 Å². The number of benzene rings is 1. The van der Waals surface area contributed by atoms with E-state index in [0.717, 1.165) is 19.6 Å². The molecule has 0 saturated carbocycles. The SMILES string of the molecule is Cc1c(CN2CCCCC2)c(C)c(CN2CCCCC2)c(C)c1CN1CCCCC1. The fourth-order valence-electron chi connectivity index (χ4n) is 6.13. The molecule has 1 aromatic carbocycles.